The standard InChI is InChI=1S/C24H42O2/c1-16(7-6-14-25)18-9-10-19-22-20(11-13-24(18,19)3)23(2)12-5-4-8-17(23)15-21(22)26/h16-22,25-26H,4-15H2,1-3H3/t16-,17+,18-,19+,20+,21?,22+,23+,24-/m1/s1. The minimum Gasteiger partial charge on any atom is -0.396 e. The van der Waals surface area contributed by atoms with Crippen molar-refractivity contribution in [3.05, 3.63) is 0 Å². The Labute approximate surface area is 161 Å². The lowest BCUT2D eigenvalue weighted by Gasteiger charge is -2.62. The van der Waals surface area contributed by atoms with Crippen molar-refractivity contribution in [3.8, 4) is 0 Å². The first kappa shape index (κ1) is 19.2. The summed E-state index contributed by atoms with van der Waals surface area (Å²) >= 11 is 0. The molecular weight excluding hydrogens is 320 g/mol. The van der Waals surface area contributed by atoms with Crippen molar-refractivity contribution < 1.29 is 10.2 Å². The van der Waals surface area contributed by atoms with Gasteiger partial charge < -0.3 is 10.2 Å². The number of aliphatic hydroxyl groups excluding tert-OH is 2. The second-order valence-corrected chi connectivity index (χ2v) is 11.1. The van der Waals surface area contributed by atoms with E-state index in [4.69, 9.17) is 0 Å². The van der Waals surface area contributed by atoms with Crippen LogP contribution >= 0.6 is 0 Å². The third kappa shape index (κ3) is 2.81. The summed E-state index contributed by atoms with van der Waals surface area (Å²) < 4.78 is 0. The first-order valence-electron chi connectivity index (χ1n) is 11.7. The van der Waals surface area contributed by atoms with Gasteiger partial charge in [-0.05, 0) is 104 Å². The molecule has 0 aliphatic heterocycles. The number of hydrogen-bond acceptors (Lipinski definition) is 2. The van der Waals surface area contributed by atoms with Gasteiger partial charge in [-0.25, -0.2) is 0 Å². The van der Waals surface area contributed by atoms with Crippen LogP contribution in [0.4, 0.5) is 0 Å². The average Bonchev–Trinajstić information content (AvgIpc) is 2.97. The number of aliphatic hydroxyl groups is 2. The minimum atomic E-state index is -0.0488. The van der Waals surface area contributed by atoms with Crippen molar-refractivity contribution >= 4 is 0 Å². The largest absolute Gasteiger partial charge is 0.396 e. The van der Waals surface area contributed by atoms with Crippen LogP contribution in [0.3, 0.4) is 0 Å². The summed E-state index contributed by atoms with van der Waals surface area (Å²) in [5.74, 6) is 4.34. The summed E-state index contributed by atoms with van der Waals surface area (Å²) in [6.45, 7) is 7.93. The number of rotatable bonds is 4. The Hall–Kier alpha value is -0.0800. The molecule has 2 N–H and O–H groups in total. The van der Waals surface area contributed by atoms with E-state index < -0.39 is 0 Å². The summed E-state index contributed by atoms with van der Waals surface area (Å²) in [6, 6.07) is 0. The molecule has 4 aliphatic carbocycles. The highest BCUT2D eigenvalue weighted by Gasteiger charge is 2.62. The van der Waals surface area contributed by atoms with Gasteiger partial charge in [0, 0.05) is 6.61 Å². The maximum Gasteiger partial charge on any atom is 0.0577 e. The Morgan fingerprint density at radius 3 is 2.50 bits per heavy atom. The molecule has 26 heavy (non-hydrogen) atoms. The van der Waals surface area contributed by atoms with Gasteiger partial charge in [-0.1, -0.05) is 33.6 Å². The van der Waals surface area contributed by atoms with Crippen molar-refractivity contribution in [3.63, 3.8) is 0 Å². The molecule has 0 radical (unpaired) electrons. The Morgan fingerprint density at radius 1 is 0.962 bits per heavy atom. The van der Waals surface area contributed by atoms with Crippen LogP contribution in [-0.2, 0) is 0 Å². The van der Waals surface area contributed by atoms with Crippen LogP contribution in [0.2, 0.25) is 0 Å². The molecule has 0 amide bonds. The lowest BCUT2D eigenvalue weighted by atomic mass is 9.44. The van der Waals surface area contributed by atoms with Gasteiger partial charge in [0.05, 0.1) is 6.10 Å². The minimum absolute atomic E-state index is 0.0488. The van der Waals surface area contributed by atoms with E-state index in [0.717, 1.165) is 36.5 Å². The molecule has 0 spiro atoms. The maximum absolute atomic E-state index is 11.3. The molecular formula is C24H42O2. The molecule has 1 unspecified atom stereocenters. The zero-order chi connectivity index (χ0) is 18.5. The van der Waals surface area contributed by atoms with E-state index in [1.165, 1.54) is 57.8 Å². The van der Waals surface area contributed by atoms with E-state index in [1.807, 2.05) is 0 Å². The highest BCUT2D eigenvalue weighted by atomic mass is 16.3. The van der Waals surface area contributed by atoms with E-state index in [2.05, 4.69) is 20.8 Å². The zero-order valence-electron chi connectivity index (χ0n) is 17.4. The molecule has 0 bridgehead atoms. The molecule has 0 saturated heterocycles. The average molecular weight is 363 g/mol. The first-order chi connectivity index (χ1) is 12.4. The lowest BCUT2D eigenvalue weighted by molar-refractivity contribution is -0.164. The maximum atomic E-state index is 11.3. The second-order valence-electron chi connectivity index (χ2n) is 11.1. The van der Waals surface area contributed by atoms with Crippen molar-refractivity contribution in [1.29, 1.82) is 0 Å². The first-order valence-corrected chi connectivity index (χ1v) is 11.7. The van der Waals surface area contributed by atoms with Gasteiger partial charge in [0.2, 0.25) is 0 Å². The van der Waals surface area contributed by atoms with Crippen LogP contribution in [-0.4, -0.2) is 22.9 Å². The quantitative estimate of drug-likeness (QED) is 0.701. The molecule has 4 aliphatic rings. The van der Waals surface area contributed by atoms with Crippen LogP contribution in [0.25, 0.3) is 0 Å². The smallest absolute Gasteiger partial charge is 0.0577 e. The van der Waals surface area contributed by atoms with Gasteiger partial charge in [0.25, 0.3) is 0 Å². The lowest BCUT2D eigenvalue weighted by Crippen LogP contribution is -2.57. The van der Waals surface area contributed by atoms with E-state index in [1.54, 1.807) is 0 Å². The SMILES string of the molecule is C[C@H](CCCO)[C@H]1CC[C@H]2[C@@H]3C(O)C[C@@H]4CCCC[C@]4(C)[C@H]3CC[C@]12C. The van der Waals surface area contributed by atoms with Crippen molar-refractivity contribution in [1.82, 2.24) is 0 Å². The van der Waals surface area contributed by atoms with E-state index in [-0.39, 0.29) is 6.10 Å². The summed E-state index contributed by atoms with van der Waals surface area (Å²) in [6.07, 6.45) is 14.1. The fourth-order valence-corrected chi connectivity index (χ4v) is 8.84. The van der Waals surface area contributed by atoms with Gasteiger partial charge in [0.15, 0.2) is 0 Å². The molecule has 9 atom stereocenters. The predicted octanol–water partition coefficient (Wildman–Crippen LogP) is 5.41. The predicted molar refractivity (Wildman–Crippen MR) is 107 cm³/mol. The van der Waals surface area contributed by atoms with Crippen molar-refractivity contribution in [2.75, 3.05) is 6.61 Å². The molecule has 4 saturated carbocycles. The Kier molecular flexibility index (Phi) is 5.23. The summed E-state index contributed by atoms with van der Waals surface area (Å²) in [5.41, 5.74) is 0.930. The van der Waals surface area contributed by atoms with E-state index in [0.29, 0.717) is 29.3 Å². The van der Waals surface area contributed by atoms with Gasteiger partial charge in [-0.15, -0.1) is 0 Å². The molecule has 4 fully saturated rings. The second kappa shape index (κ2) is 7.07. The Balaban J connectivity index is 1.58. The van der Waals surface area contributed by atoms with Crippen LogP contribution < -0.4 is 0 Å². The summed E-state index contributed by atoms with van der Waals surface area (Å²) in [5, 5.41) is 20.5. The van der Waals surface area contributed by atoms with Crippen LogP contribution in [0, 0.1) is 46.3 Å². The molecule has 2 heteroatoms. The Bertz CT molecular complexity index is 504. The van der Waals surface area contributed by atoms with Crippen molar-refractivity contribution in [2.24, 2.45) is 46.3 Å². The van der Waals surface area contributed by atoms with Gasteiger partial charge in [-0.3, -0.25) is 0 Å². The molecule has 150 valence electrons. The third-order valence-electron chi connectivity index (χ3n) is 10.2. The summed E-state index contributed by atoms with van der Waals surface area (Å²) in [7, 11) is 0. The van der Waals surface area contributed by atoms with Gasteiger partial charge in [-0.2, -0.15) is 0 Å². The third-order valence-corrected chi connectivity index (χ3v) is 10.2. The number of hydrogen-bond donors (Lipinski definition) is 2. The van der Waals surface area contributed by atoms with E-state index in [9.17, 15) is 10.2 Å². The fraction of sp³-hybridized carbons (Fsp3) is 1.00. The molecule has 0 aromatic rings. The number of fused-ring (bicyclic) bond motifs is 5. The highest BCUT2D eigenvalue weighted by molar-refractivity contribution is 5.11. The Morgan fingerprint density at radius 2 is 1.73 bits per heavy atom. The topological polar surface area (TPSA) is 40.5 Å². The van der Waals surface area contributed by atoms with Crippen LogP contribution in [0.15, 0.2) is 0 Å². The van der Waals surface area contributed by atoms with Crippen LogP contribution in [0.5, 0.6) is 0 Å². The van der Waals surface area contributed by atoms with Crippen molar-refractivity contribution in [2.45, 2.75) is 97.5 Å². The normalized spacial score (nSPS) is 52.0. The summed E-state index contributed by atoms with van der Waals surface area (Å²) in [4.78, 5) is 0. The monoisotopic (exact) mass is 362 g/mol. The molecule has 0 aromatic heterocycles. The molecule has 4 rings (SSSR count). The van der Waals surface area contributed by atoms with Crippen LogP contribution in [0.1, 0.15) is 91.4 Å². The molecule has 0 heterocycles. The fourth-order valence-electron chi connectivity index (χ4n) is 8.84. The van der Waals surface area contributed by atoms with E-state index >= 15 is 0 Å². The van der Waals surface area contributed by atoms with Gasteiger partial charge >= 0.3 is 0 Å². The van der Waals surface area contributed by atoms with Gasteiger partial charge in [0.1, 0.15) is 0 Å². The highest BCUT2D eigenvalue weighted by Crippen LogP contribution is 2.68. The molecule has 2 nitrogen and oxygen atoms in total. The molecule has 0 aromatic carbocycles. The zero-order valence-corrected chi connectivity index (χ0v) is 17.4.